The Morgan fingerprint density at radius 3 is 2.65 bits per heavy atom. The summed E-state index contributed by atoms with van der Waals surface area (Å²) < 4.78 is 0.690. The normalized spacial score (nSPS) is 9.80. The Morgan fingerprint density at radius 2 is 2.05 bits per heavy atom. The number of carbonyl (C=O) groups excluding carboxylic acids is 1. The van der Waals surface area contributed by atoms with Crippen LogP contribution in [0.25, 0.3) is 0 Å². The molecular weight excluding hydrogens is 320 g/mol. The number of hydrogen-bond acceptors (Lipinski definition) is 4. The van der Waals surface area contributed by atoms with Crippen LogP contribution in [0.15, 0.2) is 40.9 Å². The standard InChI is InChI=1S/C14H11BrN4O/c15-10-6-8(7-16)4-5-12(10)19-13-9(14(18)20)2-1-3-11(13)17/h1-6,19H,17H2,(H2,18,20). The molecule has 0 heterocycles. The van der Waals surface area contributed by atoms with Gasteiger partial charge in [0.2, 0.25) is 0 Å². The zero-order valence-corrected chi connectivity index (χ0v) is 11.9. The van der Waals surface area contributed by atoms with E-state index in [0.717, 1.165) is 0 Å². The Labute approximate surface area is 124 Å². The van der Waals surface area contributed by atoms with Gasteiger partial charge in [-0.15, -0.1) is 0 Å². The van der Waals surface area contributed by atoms with Crippen LogP contribution in [0.4, 0.5) is 17.1 Å². The number of primary amides is 1. The summed E-state index contributed by atoms with van der Waals surface area (Å²) in [5.74, 6) is -0.565. The van der Waals surface area contributed by atoms with Gasteiger partial charge in [0.15, 0.2) is 0 Å². The number of amides is 1. The van der Waals surface area contributed by atoms with Crippen molar-refractivity contribution >= 4 is 38.9 Å². The number of benzene rings is 2. The summed E-state index contributed by atoms with van der Waals surface area (Å²) in [7, 11) is 0. The van der Waals surface area contributed by atoms with Crippen molar-refractivity contribution in [2.75, 3.05) is 11.1 Å². The van der Waals surface area contributed by atoms with Crippen molar-refractivity contribution in [2.24, 2.45) is 5.73 Å². The molecule has 0 aliphatic heterocycles. The number of para-hydroxylation sites is 1. The van der Waals surface area contributed by atoms with Crippen molar-refractivity contribution in [3.63, 3.8) is 0 Å². The second kappa shape index (κ2) is 5.63. The highest BCUT2D eigenvalue weighted by Gasteiger charge is 2.12. The van der Waals surface area contributed by atoms with E-state index in [-0.39, 0.29) is 0 Å². The lowest BCUT2D eigenvalue weighted by atomic mass is 10.1. The highest BCUT2D eigenvalue weighted by atomic mass is 79.9. The average Bonchev–Trinajstić information content (AvgIpc) is 2.42. The molecule has 0 bridgehead atoms. The number of nitrogens with one attached hydrogen (secondary N) is 1. The number of nitrogen functional groups attached to an aromatic ring is 1. The molecule has 0 fully saturated rings. The Kier molecular flexibility index (Phi) is 3.91. The molecule has 0 aliphatic carbocycles. The smallest absolute Gasteiger partial charge is 0.250 e. The van der Waals surface area contributed by atoms with Crippen LogP contribution >= 0.6 is 15.9 Å². The topological polar surface area (TPSA) is 105 Å². The number of nitrogens with zero attached hydrogens (tertiary/aromatic N) is 1. The average molecular weight is 331 g/mol. The second-order valence-electron chi connectivity index (χ2n) is 4.07. The first kappa shape index (κ1) is 13.9. The number of anilines is 3. The maximum atomic E-state index is 11.4. The van der Waals surface area contributed by atoms with E-state index in [9.17, 15) is 4.79 Å². The van der Waals surface area contributed by atoms with E-state index in [2.05, 4.69) is 21.2 Å². The van der Waals surface area contributed by atoms with E-state index in [0.29, 0.717) is 32.7 Å². The third-order valence-electron chi connectivity index (χ3n) is 2.72. The van der Waals surface area contributed by atoms with Gasteiger partial charge in [-0.3, -0.25) is 4.79 Å². The van der Waals surface area contributed by atoms with Gasteiger partial charge in [-0.2, -0.15) is 5.26 Å². The zero-order valence-electron chi connectivity index (χ0n) is 10.4. The number of nitrogens with two attached hydrogens (primary N) is 2. The minimum absolute atomic E-state index is 0.307. The molecule has 5 nitrogen and oxygen atoms in total. The number of halogens is 1. The summed E-state index contributed by atoms with van der Waals surface area (Å²) in [6.45, 7) is 0. The first-order valence-electron chi connectivity index (χ1n) is 5.68. The molecule has 6 heteroatoms. The Bertz CT molecular complexity index is 722. The molecule has 100 valence electrons. The third-order valence-corrected chi connectivity index (χ3v) is 3.38. The molecular formula is C14H11BrN4O. The summed E-state index contributed by atoms with van der Waals surface area (Å²) in [5.41, 5.74) is 13.6. The molecule has 20 heavy (non-hydrogen) atoms. The Balaban J connectivity index is 2.45. The SMILES string of the molecule is N#Cc1ccc(Nc2c(N)cccc2C(N)=O)c(Br)c1. The highest BCUT2D eigenvalue weighted by molar-refractivity contribution is 9.10. The maximum absolute atomic E-state index is 11.4. The number of carbonyl (C=O) groups is 1. The summed E-state index contributed by atoms with van der Waals surface area (Å²) in [4.78, 5) is 11.4. The maximum Gasteiger partial charge on any atom is 0.250 e. The molecule has 0 aliphatic rings. The zero-order chi connectivity index (χ0) is 14.7. The van der Waals surface area contributed by atoms with Crippen molar-refractivity contribution in [1.29, 1.82) is 5.26 Å². The summed E-state index contributed by atoms with van der Waals surface area (Å²) in [5, 5.41) is 11.9. The Hall–Kier alpha value is -2.52. The van der Waals surface area contributed by atoms with Gasteiger partial charge >= 0.3 is 0 Å². The third kappa shape index (κ3) is 2.73. The van der Waals surface area contributed by atoms with Gasteiger partial charge in [-0.25, -0.2) is 0 Å². The Morgan fingerprint density at radius 1 is 1.30 bits per heavy atom. The van der Waals surface area contributed by atoms with E-state index in [4.69, 9.17) is 16.7 Å². The molecule has 0 atom stereocenters. The van der Waals surface area contributed by atoms with Crippen molar-refractivity contribution < 1.29 is 4.79 Å². The van der Waals surface area contributed by atoms with Crippen LogP contribution in [-0.2, 0) is 0 Å². The van der Waals surface area contributed by atoms with Crippen LogP contribution in [0.3, 0.4) is 0 Å². The van der Waals surface area contributed by atoms with E-state index in [1.54, 1.807) is 36.4 Å². The van der Waals surface area contributed by atoms with Gasteiger partial charge < -0.3 is 16.8 Å². The summed E-state index contributed by atoms with van der Waals surface area (Å²) in [6.07, 6.45) is 0. The fraction of sp³-hybridized carbons (Fsp3) is 0. The van der Waals surface area contributed by atoms with E-state index in [1.165, 1.54) is 0 Å². The molecule has 0 radical (unpaired) electrons. The van der Waals surface area contributed by atoms with Crippen LogP contribution in [0.2, 0.25) is 0 Å². The minimum Gasteiger partial charge on any atom is -0.397 e. The van der Waals surface area contributed by atoms with Gasteiger partial charge in [-0.1, -0.05) is 6.07 Å². The summed E-state index contributed by atoms with van der Waals surface area (Å²) >= 11 is 3.36. The molecule has 0 aromatic heterocycles. The fourth-order valence-electron chi connectivity index (χ4n) is 1.74. The van der Waals surface area contributed by atoms with Crippen molar-refractivity contribution in [3.8, 4) is 6.07 Å². The minimum atomic E-state index is -0.565. The molecule has 2 rings (SSSR count). The predicted molar refractivity (Wildman–Crippen MR) is 81.5 cm³/mol. The van der Waals surface area contributed by atoms with E-state index in [1.807, 2.05) is 6.07 Å². The van der Waals surface area contributed by atoms with Crippen molar-refractivity contribution in [2.45, 2.75) is 0 Å². The van der Waals surface area contributed by atoms with Crippen molar-refractivity contribution in [1.82, 2.24) is 0 Å². The van der Waals surface area contributed by atoms with E-state index >= 15 is 0 Å². The monoisotopic (exact) mass is 330 g/mol. The van der Waals surface area contributed by atoms with Gasteiger partial charge in [0.25, 0.3) is 5.91 Å². The van der Waals surface area contributed by atoms with Crippen LogP contribution in [-0.4, -0.2) is 5.91 Å². The van der Waals surface area contributed by atoms with Gasteiger partial charge in [0.05, 0.1) is 34.3 Å². The first-order valence-corrected chi connectivity index (χ1v) is 6.47. The van der Waals surface area contributed by atoms with Gasteiger partial charge in [0, 0.05) is 4.47 Å². The molecule has 5 N–H and O–H groups in total. The van der Waals surface area contributed by atoms with Crippen LogP contribution in [0.5, 0.6) is 0 Å². The molecule has 0 unspecified atom stereocenters. The lowest BCUT2D eigenvalue weighted by Gasteiger charge is -2.14. The van der Waals surface area contributed by atoms with E-state index < -0.39 is 5.91 Å². The van der Waals surface area contributed by atoms with Crippen LogP contribution in [0.1, 0.15) is 15.9 Å². The highest BCUT2D eigenvalue weighted by Crippen LogP contribution is 2.31. The quantitative estimate of drug-likeness (QED) is 0.752. The number of hydrogen-bond donors (Lipinski definition) is 3. The molecule has 2 aromatic rings. The lowest BCUT2D eigenvalue weighted by molar-refractivity contribution is 0.100. The van der Waals surface area contributed by atoms with Crippen molar-refractivity contribution in [3.05, 3.63) is 52.0 Å². The number of nitriles is 1. The second-order valence-corrected chi connectivity index (χ2v) is 4.92. The molecule has 2 aromatic carbocycles. The fourth-order valence-corrected chi connectivity index (χ4v) is 2.21. The largest absolute Gasteiger partial charge is 0.397 e. The molecule has 1 amide bonds. The molecule has 0 spiro atoms. The van der Waals surface area contributed by atoms with Crippen LogP contribution < -0.4 is 16.8 Å². The molecule has 0 saturated heterocycles. The summed E-state index contributed by atoms with van der Waals surface area (Å²) in [6, 6.07) is 12.0. The number of rotatable bonds is 3. The van der Waals surface area contributed by atoms with Gasteiger partial charge in [-0.05, 0) is 46.3 Å². The van der Waals surface area contributed by atoms with Crippen LogP contribution in [0, 0.1) is 11.3 Å². The van der Waals surface area contributed by atoms with Gasteiger partial charge in [0.1, 0.15) is 0 Å². The lowest BCUT2D eigenvalue weighted by Crippen LogP contribution is -2.14. The molecule has 0 saturated carbocycles. The first-order chi connectivity index (χ1) is 9.52. The predicted octanol–water partition coefficient (Wildman–Crippen LogP) is 2.75.